The zero-order valence-corrected chi connectivity index (χ0v) is 8.02. The molecule has 0 spiro atoms. The Hall–Kier alpha value is -1.93. The second kappa shape index (κ2) is 4.35. The van der Waals surface area contributed by atoms with Crippen molar-refractivity contribution in [3.05, 3.63) is 40.9 Å². The molecule has 0 saturated carbocycles. The molecule has 0 radical (unpaired) electrons. The third kappa shape index (κ3) is 2.06. The van der Waals surface area contributed by atoms with Crippen molar-refractivity contribution in [1.29, 1.82) is 0 Å². The molecule has 0 aliphatic rings. The molecule has 1 aromatic rings. The van der Waals surface area contributed by atoms with E-state index in [-0.39, 0.29) is 5.71 Å². The maximum absolute atomic E-state index is 11.1. The lowest BCUT2D eigenvalue weighted by molar-refractivity contribution is -0.137. The van der Waals surface area contributed by atoms with Crippen molar-refractivity contribution in [1.82, 2.24) is 0 Å². The van der Waals surface area contributed by atoms with E-state index in [2.05, 4.69) is 9.53 Å². The molecule has 0 aromatic heterocycles. The fourth-order valence-corrected chi connectivity index (χ4v) is 1.02. The average Bonchev–Trinajstić information content (AvgIpc) is 2.21. The molecule has 1 rings (SSSR count). The van der Waals surface area contributed by atoms with E-state index in [9.17, 15) is 4.79 Å². The minimum Gasteiger partial charge on any atom is -0.460 e. The lowest BCUT2D eigenvalue weighted by Gasteiger charge is -1.95. The van der Waals surface area contributed by atoms with Crippen LogP contribution < -0.4 is 0 Å². The lowest BCUT2D eigenvalue weighted by Crippen LogP contribution is -2.18. The molecule has 1 aromatic carbocycles. The molecule has 0 aliphatic heterocycles. The Labute approximate surface area is 81.7 Å². The highest BCUT2D eigenvalue weighted by atomic mass is 16.5. The summed E-state index contributed by atoms with van der Waals surface area (Å²) in [6.45, 7) is 1.93. The molecule has 0 unspecified atom stereocenters. The average molecular weight is 190 g/mol. The van der Waals surface area contributed by atoms with Gasteiger partial charge in [0, 0.05) is 0 Å². The predicted molar refractivity (Wildman–Crippen MR) is 50.9 cm³/mol. The van der Waals surface area contributed by atoms with Crippen LogP contribution >= 0.6 is 0 Å². The highest BCUT2D eigenvalue weighted by Crippen LogP contribution is 2.04. The number of rotatable bonds is 2. The molecule has 0 heterocycles. The standard InChI is InChI=1S/C10H10N2O2/c1-7-3-5-8(6-4-7)9(12-11)10(13)14-2/h3-6H,1-2H3. The van der Waals surface area contributed by atoms with Crippen LogP contribution in [0.1, 0.15) is 11.1 Å². The number of benzene rings is 1. The molecule has 4 heteroatoms. The molecule has 14 heavy (non-hydrogen) atoms. The normalized spacial score (nSPS) is 9.00. The van der Waals surface area contributed by atoms with Gasteiger partial charge in [-0.15, -0.1) is 0 Å². The monoisotopic (exact) mass is 190 g/mol. The van der Waals surface area contributed by atoms with E-state index in [1.807, 2.05) is 19.1 Å². The number of aryl methyl sites for hydroxylation is 1. The second-order valence-electron chi connectivity index (χ2n) is 2.81. The van der Waals surface area contributed by atoms with Crippen molar-refractivity contribution in [2.24, 2.45) is 0 Å². The lowest BCUT2D eigenvalue weighted by atomic mass is 10.1. The maximum Gasteiger partial charge on any atom is 0.422 e. The number of ether oxygens (including phenoxy) is 1. The van der Waals surface area contributed by atoms with Crippen LogP contribution in [0, 0.1) is 6.92 Å². The van der Waals surface area contributed by atoms with Gasteiger partial charge in [0.1, 0.15) is 0 Å². The van der Waals surface area contributed by atoms with E-state index in [4.69, 9.17) is 5.53 Å². The highest BCUT2D eigenvalue weighted by Gasteiger charge is 2.22. The van der Waals surface area contributed by atoms with Crippen LogP contribution in [-0.4, -0.2) is 23.6 Å². The number of nitrogens with zero attached hydrogens (tertiary/aromatic N) is 2. The molecule has 0 bridgehead atoms. The minimum atomic E-state index is -0.656. The van der Waals surface area contributed by atoms with Crippen LogP contribution in [0.2, 0.25) is 0 Å². The summed E-state index contributed by atoms with van der Waals surface area (Å²) in [6.07, 6.45) is 0. The number of hydrogen-bond acceptors (Lipinski definition) is 2. The van der Waals surface area contributed by atoms with Gasteiger partial charge in [-0.05, 0) is 19.1 Å². The molecular formula is C10H10N2O2. The first kappa shape index (κ1) is 10.2. The van der Waals surface area contributed by atoms with Gasteiger partial charge in [-0.2, -0.15) is 4.79 Å². The van der Waals surface area contributed by atoms with Gasteiger partial charge in [0.05, 0.1) is 12.7 Å². The molecule has 4 nitrogen and oxygen atoms in total. The van der Waals surface area contributed by atoms with Crippen molar-refractivity contribution in [2.45, 2.75) is 6.92 Å². The van der Waals surface area contributed by atoms with Crippen LogP contribution in [-0.2, 0) is 9.53 Å². The number of methoxy groups -OCH3 is 1. The van der Waals surface area contributed by atoms with E-state index in [0.717, 1.165) is 5.56 Å². The van der Waals surface area contributed by atoms with Crippen molar-refractivity contribution >= 4 is 11.7 Å². The van der Waals surface area contributed by atoms with Crippen LogP contribution in [0.25, 0.3) is 5.53 Å². The van der Waals surface area contributed by atoms with Gasteiger partial charge in [0.15, 0.2) is 0 Å². The predicted octanol–water partition coefficient (Wildman–Crippen LogP) is 1.19. The largest absolute Gasteiger partial charge is 0.460 e. The summed E-state index contributed by atoms with van der Waals surface area (Å²) < 4.78 is 4.46. The second-order valence-corrected chi connectivity index (χ2v) is 2.81. The Balaban J connectivity index is 3.09. The number of carbonyl (C=O) groups is 1. The van der Waals surface area contributed by atoms with Crippen LogP contribution in [0.5, 0.6) is 0 Å². The van der Waals surface area contributed by atoms with E-state index in [1.165, 1.54) is 7.11 Å². The molecule has 0 atom stereocenters. The van der Waals surface area contributed by atoms with Gasteiger partial charge in [0.2, 0.25) is 0 Å². The summed E-state index contributed by atoms with van der Waals surface area (Å²) in [5.41, 5.74) is 10.1. The van der Waals surface area contributed by atoms with Crippen LogP contribution in [0.15, 0.2) is 24.3 Å². The van der Waals surface area contributed by atoms with Gasteiger partial charge in [0.25, 0.3) is 0 Å². The van der Waals surface area contributed by atoms with Crippen molar-refractivity contribution in [3.8, 4) is 0 Å². The maximum atomic E-state index is 11.1. The van der Waals surface area contributed by atoms with Crippen LogP contribution in [0.4, 0.5) is 0 Å². The zero-order valence-electron chi connectivity index (χ0n) is 8.02. The summed E-state index contributed by atoms with van der Waals surface area (Å²) in [4.78, 5) is 14.0. The molecule has 0 aliphatic carbocycles. The van der Waals surface area contributed by atoms with Gasteiger partial charge in [-0.25, -0.2) is 4.79 Å². The molecular weight excluding hydrogens is 180 g/mol. The third-order valence-electron chi connectivity index (χ3n) is 1.80. The smallest absolute Gasteiger partial charge is 0.422 e. The Morgan fingerprint density at radius 3 is 2.36 bits per heavy atom. The Bertz CT molecular complexity index is 389. The summed E-state index contributed by atoms with van der Waals surface area (Å²) in [7, 11) is 1.24. The summed E-state index contributed by atoms with van der Waals surface area (Å²) >= 11 is 0. The van der Waals surface area contributed by atoms with E-state index in [1.54, 1.807) is 12.1 Å². The number of esters is 1. The van der Waals surface area contributed by atoms with E-state index < -0.39 is 5.97 Å². The first-order valence-corrected chi connectivity index (χ1v) is 4.06. The number of carbonyl (C=O) groups excluding carboxylic acids is 1. The molecule has 0 fully saturated rings. The van der Waals surface area contributed by atoms with E-state index >= 15 is 0 Å². The van der Waals surface area contributed by atoms with Gasteiger partial charge in [-0.1, -0.05) is 17.7 Å². The molecule has 0 amide bonds. The zero-order chi connectivity index (χ0) is 10.6. The topological polar surface area (TPSA) is 62.7 Å². The summed E-state index contributed by atoms with van der Waals surface area (Å²) in [5.74, 6) is -0.656. The van der Waals surface area contributed by atoms with Gasteiger partial charge in [-0.3, -0.25) is 0 Å². The summed E-state index contributed by atoms with van der Waals surface area (Å²) in [6, 6.07) is 7.04. The van der Waals surface area contributed by atoms with Gasteiger partial charge < -0.3 is 10.3 Å². The van der Waals surface area contributed by atoms with Crippen molar-refractivity contribution < 1.29 is 14.3 Å². The fourth-order valence-electron chi connectivity index (χ4n) is 1.02. The fraction of sp³-hybridized carbons (Fsp3) is 0.200. The summed E-state index contributed by atoms with van der Waals surface area (Å²) in [5, 5.41) is 0. The molecule has 0 saturated heterocycles. The Morgan fingerprint density at radius 1 is 1.36 bits per heavy atom. The SMILES string of the molecule is COC(=O)C(=[N+]=[N-])c1ccc(C)cc1. The van der Waals surface area contributed by atoms with Crippen molar-refractivity contribution in [2.75, 3.05) is 7.11 Å². The molecule has 72 valence electrons. The first-order valence-electron chi connectivity index (χ1n) is 4.06. The van der Waals surface area contributed by atoms with Gasteiger partial charge >= 0.3 is 11.7 Å². The highest BCUT2D eigenvalue weighted by molar-refractivity contribution is 6.40. The quantitative estimate of drug-likeness (QED) is 0.304. The van der Waals surface area contributed by atoms with E-state index in [0.29, 0.717) is 5.56 Å². The minimum absolute atomic E-state index is 0.0903. The van der Waals surface area contributed by atoms with Crippen LogP contribution in [0.3, 0.4) is 0 Å². The number of hydrogen-bond donors (Lipinski definition) is 0. The third-order valence-corrected chi connectivity index (χ3v) is 1.80. The Kier molecular flexibility index (Phi) is 3.15. The molecule has 0 N–H and O–H groups in total. The Morgan fingerprint density at radius 2 is 1.93 bits per heavy atom. The van der Waals surface area contributed by atoms with Crippen molar-refractivity contribution in [3.63, 3.8) is 0 Å². The first-order chi connectivity index (χ1) is 6.69.